The summed E-state index contributed by atoms with van der Waals surface area (Å²) in [4.78, 5) is 3.68. The molecule has 4 nitrogen and oxygen atoms in total. The summed E-state index contributed by atoms with van der Waals surface area (Å²) < 4.78 is 105. The first kappa shape index (κ1) is 26.7. The number of halogens is 6. The molecule has 0 unspecified atom stereocenters. The van der Waals surface area contributed by atoms with E-state index in [1.54, 1.807) is 18.2 Å². The summed E-state index contributed by atoms with van der Waals surface area (Å²) in [5, 5.41) is 6.39. The van der Waals surface area contributed by atoms with Gasteiger partial charge in [0.15, 0.2) is 0 Å². The molecule has 3 rings (SSSR count). The van der Waals surface area contributed by atoms with E-state index in [0.29, 0.717) is 16.1 Å². The Morgan fingerprint density at radius 2 is 1.41 bits per heavy atom. The van der Waals surface area contributed by atoms with E-state index < -0.39 is 46.0 Å². The topological polar surface area (TPSA) is 40.6 Å². The fraction of sp³-hybridized carbons (Fsp3) is 0.435. The standard InChI is InChI=1S/C11H5F6NO.C5H5.2CH3O.5CH3.Ti/c12-10(13,14)5-2-1-3-7-8(5)9(19)6(4-18-7)11(15,16)17;1-2-4-5-3-1;2*1-2;;;;;;/h1-4H,(H,18,19);1-3H,4H2;2*1H3;5*1H3;/q;;2*-1;;;;;;+3/p-1. The van der Waals surface area contributed by atoms with Crippen LogP contribution in [0.5, 0.6) is 5.75 Å². The van der Waals surface area contributed by atoms with Crippen LogP contribution in [-0.2, 0) is 30.3 Å². The van der Waals surface area contributed by atoms with Crippen LogP contribution in [0.3, 0.4) is 0 Å². The SMILES string of the molecule is C[O][Ti]([CH3])([CH3])([CH3])([CH3])([CH3])([O]C)([O]c1c(C(F)(F)F)cnc2cccc(C(F)(F)F)c12)[C]1=CC=CC1. The summed E-state index contributed by atoms with van der Waals surface area (Å²) in [6, 6.07) is 2.96. The van der Waals surface area contributed by atoms with E-state index in [1.165, 1.54) is 46.4 Å². The van der Waals surface area contributed by atoms with Crippen molar-refractivity contribution < 1.29 is 47.6 Å². The van der Waals surface area contributed by atoms with Crippen molar-refractivity contribution in [2.45, 2.75) is 44.9 Å². The van der Waals surface area contributed by atoms with E-state index in [0.717, 1.165) is 6.07 Å². The second kappa shape index (κ2) is 4.87. The number of fused-ring (bicyclic) bond motifs is 1. The summed E-state index contributed by atoms with van der Waals surface area (Å²) in [6.45, 7) is 0. The Bertz CT molecular complexity index is 1370. The number of nitrogens with zero attached hydrogens (tertiary/aromatic N) is 1. The van der Waals surface area contributed by atoms with Gasteiger partial charge in [-0.3, -0.25) is 0 Å². The molecular weight excluding hydrogens is 500 g/mol. The summed E-state index contributed by atoms with van der Waals surface area (Å²) in [5.41, 5.74) is -3.13. The maximum atomic E-state index is 14.3. The summed E-state index contributed by atoms with van der Waals surface area (Å²) in [6.07, 6.45) is -4.44. The van der Waals surface area contributed by atoms with Crippen molar-refractivity contribution in [2.75, 3.05) is 14.2 Å². The van der Waals surface area contributed by atoms with Crippen molar-refractivity contribution in [2.24, 2.45) is 0 Å². The minimum atomic E-state index is -7.71. The number of aromatic nitrogens is 1. The molecule has 0 radical (unpaired) electrons. The monoisotopic (exact) mass is 530 g/mol. The molecule has 1 heterocycles. The van der Waals surface area contributed by atoms with Crippen LogP contribution in [0.4, 0.5) is 26.3 Å². The third-order valence-corrected chi connectivity index (χ3v) is 25.8. The Kier molecular flexibility index (Phi) is 3.83. The number of benzene rings is 1. The quantitative estimate of drug-likeness (QED) is 0.287. The fourth-order valence-electron chi connectivity index (χ4n) is 4.50. The maximum absolute atomic E-state index is 14.3. The molecule has 11 heteroatoms. The molecular formula is C23H30F6NO3Ti. The molecule has 0 aliphatic heterocycles. The molecule has 0 N–H and O–H groups in total. The average molecular weight is 530 g/mol. The summed E-state index contributed by atoms with van der Waals surface area (Å²) >= 11 is -7.71. The van der Waals surface area contributed by atoms with E-state index in [4.69, 9.17) is 9.96 Å². The molecule has 0 atom stereocenters. The van der Waals surface area contributed by atoms with Gasteiger partial charge >= 0.3 is 186 Å². The molecule has 0 fully saturated rings. The zero-order valence-corrected chi connectivity index (χ0v) is 21.7. The van der Waals surface area contributed by atoms with Crippen molar-refractivity contribution in [3.05, 3.63) is 57.6 Å². The van der Waals surface area contributed by atoms with Crippen LogP contribution in [0.1, 0.15) is 17.5 Å². The van der Waals surface area contributed by atoms with Gasteiger partial charge in [0, 0.05) is 0 Å². The number of rotatable bonds is 5. The van der Waals surface area contributed by atoms with Crippen LogP contribution < -0.4 is 3.32 Å². The molecule has 191 valence electrons. The second-order valence-electron chi connectivity index (χ2n) is 15.4. The first-order valence-electron chi connectivity index (χ1n) is 10.7. The van der Waals surface area contributed by atoms with Crippen LogP contribution in [0.2, 0.25) is 26.1 Å². The van der Waals surface area contributed by atoms with Gasteiger partial charge in [-0.05, 0) is 0 Å². The number of hydrogen-bond donors (Lipinski definition) is 0. The van der Waals surface area contributed by atoms with Crippen LogP contribution in [-0.4, -0.2) is 19.2 Å². The molecule has 1 aromatic carbocycles. The van der Waals surface area contributed by atoms with Gasteiger partial charge < -0.3 is 0 Å². The number of allylic oxidation sites excluding steroid dienone is 4. The molecule has 0 bridgehead atoms. The Morgan fingerprint density at radius 3 is 1.85 bits per heavy atom. The van der Waals surface area contributed by atoms with Gasteiger partial charge in [0.05, 0.1) is 0 Å². The van der Waals surface area contributed by atoms with Crippen molar-refractivity contribution in [3.8, 4) is 5.75 Å². The Balaban J connectivity index is 2.71. The van der Waals surface area contributed by atoms with Gasteiger partial charge in [-0.1, -0.05) is 0 Å². The average Bonchev–Trinajstić information content (AvgIpc) is 3.24. The van der Waals surface area contributed by atoms with E-state index in [9.17, 15) is 26.3 Å². The van der Waals surface area contributed by atoms with Crippen molar-refractivity contribution in [1.82, 2.24) is 4.98 Å². The Labute approximate surface area is 186 Å². The normalized spacial score (nSPS) is 21.4. The van der Waals surface area contributed by atoms with E-state index in [1.807, 2.05) is 0 Å². The third-order valence-electron chi connectivity index (χ3n) is 8.55. The summed E-state index contributed by atoms with van der Waals surface area (Å²) in [5.74, 6) is -1.07. The molecule has 0 saturated carbocycles. The first-order valence-corrected chi connectivity index (χ1v) is 21.2. The van der Waals surface area contributed by atoms with Crippen LogP contribution in [0, 0.1) is 0 Å². The zero-order chi connectivity index (χ0) is 26.3. The number of pyridine rings is 1. The first-order chi connectivity index (χ1) is 14.7. The molecule has 0 amide bonds. The molecule has 0 spiro atoms. The number of hydrogen-bond acceptors (Lipinski definition) is 4. The summed E-state index contributed by atoms with van der Waals surface area (Å²) in [7, 11) is 2.46. The predicted octanol–water partition coefficient (Wildman–Crippen LogP) is 8.61. The minimum absolute atomic E-state index is 0.178. The van der Waals surface area contributed by atoms with Gasteiger partial charge in [0.2, 0.25) is 0 Å². The predicted molar refractivity (Wildman–Crippen MR) is 118 cm³/mol. The van der Waals surface area contributed by atoms with Gasteiger partial charge in [0.1, 0.15) is 0 Å². The van der Waals surface area contributed by atoms with Crippen LogP contribution in [0.15, 0.2) is 46.5 Å². The van der Waals surface area contributed by atoms with E-state index in [-0.39, 0.29) is 11.9 Å². The molecule has 1 aliphatic rings. The van der Waals surface area contributed by atoms with Gasteiger partial charge in [-0.2, -0.15) is 0 Å². The molecule has 1 aliphatic carbocycles. The van der Waals surface area contributed by atoms with E-state index in [2.05, 4.69) is 4.98 Å². The third kappa shape index (κ3) is 3.44. The van der Waals surface area contributed by atoms with Gasteiger partial charge in [0.25, 0.3) is 0 Å². The van der Waals surface area contributed by atoms with Gasteiger partial charge in [-0.15, -0.1) is 0 Å². The van der Waals surface area contributed by atoms with Crippen LogP contribution >= 0.6 is 0 Å². The zero-order valence-electron chi connectivity index (χ0n) is 20.2. The molecule has 0 saturated heterocycles. The van der Waals surface area contributed by atoms with Crippen LogP contribution in [0.25, 0.3) is 10.9 Å². The Morgan fingerprint density at radius 1 is 0.853 bits per heavy atom. The van der Waals surface area contributed by atoms with E-state index >= 15 is 0 Å². The fourth-order valence-corrected chi connectivity index (χ4v) is 12.3. The van der Waals surface area contributed by atoms with Crippen molar-refractivity contribution in [1.29, 1.82) is 0 Å². The second-order valence-corrected chi connectivity index (χ2v) is 48.8. The molecule has 1 aromatic heterocycles. The Hall–Kier alpha value is -1.88. The van der Waals surface area contributed by atoms with Crippen molar-refractivity contribution >= 4 is 10.9 Å². The molecule has 34 heavy (non-hydrogen) atoms. The number of alkyl halides is 6. The van der Waals surface area contributed by atoms with Gasteiger partial charge in [-0.25, -0.2) is 0 Å². The molecule has 2 aromatic rings. The van der Waals surface area contributed by atoms with Crippen molar-refractivity contribution in [3.63, 3.8) is 0 Å².